The van der Waals surface area contributed by atoms with Crippen LogP contribution in [0.5, 0.6) is 0 Å². The lowest BCUT2D eigenvalue weighted by Crippen LogP contribution is -2.32. The normalized spacial score (nSPS) is 17.8. The molecule has 0 radical (unpaired) electrons. The van der Waals surface area contributed by atoms with E-state index >= 15 is 0 Å². The van der Waals surface area contributed by atoms with Crippen LogP contribution in [0.2, 0.25) is 0 Å². The minimum Gasteiger partial charge on any atom is -0.618 e. The minimum absolute atomic E-state index is 0.00464. The lowest BCUT2D eigenvalue weighted by Gasteiger charge is -2.36. The summed E-state index contributed by atoms with van der Waals surface area (Å²) >= 11 is 1.48. The Balaban J connectivity index is 1.18. The van der Waals surface area contributed by atoms with Gasteiger partial charge in [-0.2, -0.15) is 4.73 Å². The van der Waals surface area contributed by atoms with E-state index in [-0.39, 0.29) is 24.7 Å². The molecule has 0 spiro atoms. The molecule has 1 aromatic heterocycles. The first-order valence-corrected chi connectivity index (χ1v) is 19.2. The number of ether oxygens (including phenoxy) is 2. The van der Waals surface area contributed by atoms with Gasteiger partial charge in [-0.05, 0) is 29.2 Å². The van der Waals surface area contributed by atoms with Gasteiger partial charge in [-0.3, -0.25) is 4.79 Å². The minimum atomic E-state index is -0.568. The highest BCUT2D eigenvalue weighted by molar-refractivity contribution is 7.99. The summed E-state index contributed by atoms with van der Waals surface area (Å²) in [6.07, 6.45) is 18.7. The van der Waals surface area contributed by atoms with Gasteiger partial charge in [0.1, 0.15) is 0 Å². The van der Waals surface area contributed by atoms with Gasteiger partial charge >= 0.3 is 0 Å². The maximum Gasteiger partial charge on any atom is 0.251 e. The number of hydrogen-bond acceptors (Lipinski definition) is 6. The van der Waals surface area contributed by atoms with Crippen molar-refractivity contribution >= 4 is 17.7 Å². The highest BCUT2D eigenvalue weighted by Crippen LogP contribution is 2.39. The molecule has 3 atom stereocenters. The molecule has 262 valence electrons. The zero-order chi connectivity index (χ0) is 33.8. The lowest BCUT2D eigenvalue weighted by atomic mass is 10.0. The molecule has 1 aliphatic heterocycles. The molecular formula is C40H56N2O5S. The summed E-state index contributed by atoms with van der Waals surface area (Å²) < 4.78 is 13.8. The average molecular weight is 677 g/mol. The summed E-state index contributed by atoms with van der Waals surface area (Å²) in [7, 11) is 0. The summed E-state index contributed by atoms with van der Waals surface area (Å²) in [6.45, 7) is 2.76. The second-order valence-corrected chi connectivity index (χ2v) is 14.1. The standard InChI is InChI=1S/C40H56N2O5S/c1-2-3-4-5-6-7-8-9-10-11-12-13-14-17-38(44)41-29-32-19-25-35(26-20-32)40-46-36(31-48-39-18-15-16-27-42(39)45)28-37(47-40)34-23-21-33(30-43)22-24-34/h15-16,18-27,36-37,40,43H,2-14,17,28-31H2,1H3,(H,41,44). The molecule has 0 aliphatic carbocycles. The second kappa shape index (κ2) is 21.9. The highest BCUT2D eigenvalue weighted by Gasteiger charge is 2.32. The topological polar surface area (TPSA) is 94.7 Å². The number of carbonyl (C=O) groups excluding carboxylic acids is 1. The van der Waals surface area contributed by atoms with Crippen molar-refractivity contribution in [2.45, 2.75) is 140 Å². The third-order valence-electron chi connectivity index (χ3n) is 9.07. The van der Waals surface area contributed by atoms with E-state index in [1.165, 1.54) is 88.6 Å². The highest BCUT2D eigenvalue weighted by atomic mass is 32.2. The van der Waals surface area contributed by atoms with Gasteiger partial charge in [0.15, 0.2) is 12.5 Å². The molecule has 2 N–H and O–H groups in total. The molecule has 0 bridgehead atoms. The van der Waals surface area contributed by atoms with Gasteiger partial charge < -0.3 is 25.1 Å². The molecule has 1 fully saturated rings. The Morgan fingerprint density at radius 3 is 2.04 bits per heavy atom. The largest absolute Gasteiger partial charge is 0.618 e. The SMILES string of the molecule is CCCCCCCCCCCCCCCC(=O)NCc1ccc(C2OC(CSc3cccc[n+]3[O-])CC(c3ccc(CO)cc3)O2)cc1. The Bertz CT molecular complexity index is 1320. The molecule has 0 saturated carbocycles. The molecule has 2 aromatic carbocycles. The summed E-state index contributed by atoms with van der Waals surface area (Å²) in [5.41, 5.74) is 3.81. The van der Waals surface area contributed by atoms with E-state index in [9.17, 15) is 15.1 Å². The van der Waals surface area contributed by atoms with Crippen molar-refractivity contribution in [1.29, 1.82) is 0 Å². The number of rotatable bonds is 22. The van der Waals surface area contributed by atoms with Crippen molar-refractivity contribution in [3.63, 3.8) is 0 Å². The van der Waals surface area contributed by atoms with Crippen LogP contribution < -0.4 is 10.0 Å². The van der Waals surface area contributed by atoms with E-state index in [1.807, 2.05) is 60.7 Å². The van der Waals surface area contributed by atoms with E-state index in [0.29, 0.717) is 30.2 Å². The first-order valence-electron chi connectivity index (χ1n) is 18.2. The van der Waals surface area contributed by atoms with Crippen molar-refractivity contribution in [2.75, 3.05) is 5.75 Å². The maximum absolute atomic E-state index is 12.5. The molecule has 4 rings (SSSR count). The number of carbonyl (C=O) groups is 1. The maximum atomic E-state index is 12.5. The van der Waals surface area contributed by atoms with Crippen LogP contribution in [-0.2, 0) is 27.4 Å². The molecule has 2 heterocycles. The molecule has 1 aliphatic rings. The van der Waals surface area contributed by atoms with E-state index in [4.69, 9.17) is 9.47 Å². The van der Waals surface area contributed by atoms with Crippen LogP contribution in [0.15, 0.2) is 78.0 Å². The Labute approximate surface area is 292 Å². The van der Waals surface area contributed by atoms with Crippen LogP contribution in [0, 0.1) is 5.21 Å². The monoisotopic (exact) mass is 676 g/mol. The molecule has 1 amide bonds. The first-order chi connectivity index (χ1) is 23.6. The van der Waals surface area contributed by atoms with Gasteiger partial charge in [0, 0.05) is 42.8 Å². The predicted molar refractivity (Wildman–Crippen MR) is 193 cm³/mol. The molecule has 7 nitrogen and oxygen atoms in total. The smallest absolute Gasteiger partial charge is 0.251 e. The van der Waals surface area contributed by atoms with E-state index < -0.39 is 6.29 Å². The summed E-state index contributed by atoms with van der Waals surface area (Å²) in [5, 5.41) is 25.4. The van der Waals surface area contributed by atoms with Gasteiger partial charge in [-0.25, -0.2) is 0 Å². The number of nitrogens with zero attached hydrogens (tertiary/aromatic N) is 1. The lowest BCUT2D eigenvalue weighted by molar-refractivity contribution is -0.645. The van der Waals surface area contributed by atoms with Crippen molar-refractivity contribution in [2.24, 2.45) is 0 Å². The van der Waals surface area contributed by atoms with E-state index in [1.54, 1.807) is 6.07 Å². The number of pyridine rings is 1. The fourth-order valence-electron chi connectivity index (χ4n) is 6.11. The van der Waals surface area contributed by atoms with Crippen LogP contribution in [0.1, 0.15) is 138 Å². The van der Waals surface area contributed by atoms with Gasteiger partial charge in [0.05, 0.1) is 18.8 Å². The number of aliphatic hydroxyl groups excluding tert-OH is 1. The summed E-state index contributed by atoms with van der Waals surface area (Å²) in [5.74, 6) is 0.718. The van der Waals surface area contributed by atoms with Gasteiger partial charge in [0.2, 0.25) is 5.91 Å². The number of aliphatic hydroxyl groups is 1. The first kappa shape index (κ1) is 37.9. The number of thioether (sulfide) groups is 1. The average Bonchev–Trinajstić information content (AvgIpc) is 3.12. The molecule has 1 saturated heterocycles. The van der Waals surface area contributed by atoms with E-state index in [0.717, 1.165) is 39.8 Å². The van der Waals surface area contributed by atoms with Gasteiger partial charge in [-0.15, -0.1) is 0 Å². The molecule has 8 heteroatoms. The number of benzene rings is 2. The van der Waals surface area contributed by atoms with Crippen LogP contribution >= 0.6 is 11.8 Å². The van der Waals surface area contributed by atoms with E-state index in [2.05, 4.69) is 12.2 Å². The second-order valence-electron chi connectivity index (χ2n) is 13.0. The third-order valence-corrected chi connectivity index (χ3v) is 10.2. The van der Waals surface area contributed by atoms with Crippen LogP contribution in [0.4, 0.5) is 0 Å². The molecule has 3 unspecified atom stereocenters. The molecular weight excluding hydrogens is 621 g/mol. The zero-order valence-corrected chi connectivity index (χ0v) is 29.6. The number of hydrogen-bond donors (Lipinski definition) is 2. The number of nitrogens with one attached hydrogen (secondary N) is 1. The third kappa shape index (κ3) is 13.5. The summed E-state index contributed by atoms with van der Waals surface area (Å²) in [4.78, 5) is 12.5. The van der Waals surface area contributed by atoms with Gasteiger partial charge in [-0.1, -0.05) is 144 Å². The van der Waals surface area contributed by atoms with Crippen LogP contribution in [0.25, 0.3) is 0 Å². The Morgan fingerprint density at radius 1 is 0.812 bits per heavy atom. The number of amides is 1. The number of unbranched alkanes of at least 4 members (excludes halogenated alkanes) is 12. The number of aromatic nitrogens is 1. The van der Waals surface area contributed by atoms with Crippen LogP contribution in [-0.4, -0.2) is 22.9 Å². The zero-order valence-electron chi connectivity index (χ0n) is 28.8. The Kier molecular flexibility index (Phi) is 17.3. The molecule has 3 aromatic rings. The fourth-order valence-corrected chi connectivity index (χ4v) is 7.04. The van der Waals surface area contributed by atoms with Gasteiger partial charge in [0.25, 0.3) is 5.03 Å². The predicted octanol–water partition coefficient (Wildman–Crippen LogP) is 9.25. The Morgan fingerprint density at radius 2 is 1.42 bits per heavy atom. The van der Waals surface area contributed by atoms with Crippen molar-refractivity contribution in [1.82, 2.24) is 5.32 Å². The van der Waals surface area contributed by atoms with Crippen molar-refractivity contribution < 1.29 is 24.1 Å². The quantitative estimate of drug-likeness (QED) is 0.0477. The van der Waals surface area contributed by atoms with Crippen LogP contribution in [0.3, 0.4) is 0 Å². The Hall–Kier alpha value is -2.91. The van der Waals surface area contributed by atoms with Crippen molar-refractivity contribution in [3.05, 3.63) is 100 Å². The fraction of sp³-hybridized carbons (Fsp3) is 0.550. The summed E-state index contributed by atoms with van der Waals surface area (Å²) in [6, 6.07) is 21.3. The van der Waals surface area contributed by atoms with Crippen molar-refractivity contribution in [3.8, 4) is 0 Å². The molecule has 48 heavy (non-hydrogen) atoms.